The van der Waals surface area contributed by atoms with Gasteiger partial charge >= 0.3 is 0 Å². The molecule has 0 aromatic heterocycles. The molecule has 2 amide bonds. The van der Waals surface area contributed by atoms with Crippen LogP contribution in [0.3, 0.4) is 0 Å². The van der Waals surface area contributed by atoms with Crippen molar-refractivity contribution >= 4 is 29.1 Å². The van der Waals surface area contributed by atoms with Crippen molar-refractivity contribution in [1.82, 2.24) is 10.6 Å². The Labute approximate surface area is 146 Å². The highest BCUT2D eigenvalue weighted by atomic mass is 35.5. The van der Waals surface area contributed by atoms with Gasteiger partial charge in [0.1, 0.15) is 6.04 Å². The summed E-state index contributed by atoms with van der Waals surface area (Å²) in [6.07, 6.45) is 0. The van der Waals surface area contributed by atoms with Crippen LogP contribution in [-0.2, 0) is 9.59 Å². The van der Waals surface area contributed by atoms with Gasteiger partial charge in [-0.3, -0.25) is 14.9 Å². The predicted octanol–water partition coefficient (Wildman–Crippen LogP) is 2.66. The number of nitrogens with one attached hydrogen (secondary N) is 3. The third kappa shape index (κ3) is 4.81. The standard InChI is InChI=1S/C18H20ClN3O2/c1-12-8-9-14(10-15(12)19)22-18(24)17(21-11-16(23)20-2)13-6-4-3-5-7-13/h3-10,17,21H,11H2,1-2H3,(H,20,23)(H,22,24)/t17-/m1/s1. The number of halogens is 1. The molecular weight excluding hydrogens is 326 g/mol. The van der Waals surface area contributed by atoms with E-state index < -0.39 is 6.04 Å². The number of carbonyl (C=O) groups excluding carboxylic acids is 2. The summed E-state index contributed by atoms with van der Waals surface area (Å²) >= 11 is 6.10. The van der Waals surface area contributed by atoms with Crippen LogP contribution < -0.4 is 16.0 Å². The molecule has 1 atom stereocenters. The lowest BCUT2D eigenvalue weighted by atomic mass is 10.1. The van der Waals surface area contributed by atoms with Gasteiger partial charge < -0.3 is 10.6 Å². The normalized spacial score (nSPS) is 11.6. The SMILES string of the molecule is CNC(=O)CN[C@@H](C(=O)Nc1ccc(C)c(Cl)c1)c1ccccc1. The maximum absolute atomic E-state index is 12.7. The van der Waals surface area contributed by atoms with Crippen LogP contribution in [0, 0.1) is 6.92 Å². The van der Waals surface area contributed by atoms with Crippen LogP contribution >= 0.6 is 11.6 Å². The largest absolute Gasteiger partial charge is 0.358 e. The smallest absolute Gasteiger partial charge is 0.246 e. The molecule has 0 fully saturated rings. The van der Waals surface area contributed by atoms with Crippen LogP contribution in [0.2, 0.25) is 5.02 Å². The quantitative estimate of drug-likeness (QED) is 0.753. The van der Waals surface area contributed by atoms with Crippen molar-refractivity contribution < 1.29 is 9.59 Å². The molecular formula is C18H20ClN3O2. The number of likely N-dealkylation sites (N-methyl/N-ethyl adjacent to an activating group) is 1. The third-order valence-corrected chi connectivity index (χ3v) is 3.99. The number of hydrogen-bond donors (Lipinski definition) is 3. The molecule has 0 aliphatic heterocycles. The molecule has 5 nitrogen and oxygen atoms in total. The molecule has 0 aliphatic carbocycles. The number of anilines is 1. The Morgan fingerprint density at radius 3 is 2.46 bits per heavy atom. The number of rotatable bonds is 6. The van der Waals surface area contributed by atoms with E-state index in [2.05, 4.69) is 16.0 Å². The van der Waals surface area contributed by atoms with Gasteiger partial charge in [0.15, 0.2) is 0 Å². The Hall–Kier alpha value is -2.37. The minimum Gasteiger partial charge on any atom is -0.358 e. The summed E-state index contributed by atoms with van der Waals surface area (Å²) in [7, 11) is 1.55. The van der Waals surface area contributed by atoms with Crippen LogP contribution in [-0.4, -0.2) is 25.4 Å². The number of benzene rings is 2. The second kappa shape index (κ2) is 8.47. The molecule has 0 heterocycles. The molecule has 0 bridgehead atoms. The molecule has 0 unspecified atom stereocenters. The van der Waals surface area contributed by atoms with Gasteiger partial charge in [-0.15, -0.1) is 0 Å². The summed E-state index contributed by atoms with van der Waals surface area (Å²) in [6.45, 7) is 1.93. The fourth-order valence-electron chi connectivity index (χ4n) is 2.18. The molecule has 2 aromatic rings. The van der Waals surface area contributed by atoms with Crippen LogP contribution in [0.15, 0.2) is 48.5 Å². The minimum absolute atomic E-state index is 0.0398. The van der Waals surface area contributed by atoms with E-state index in [1.54, 1.807) is 19.2 Å². The summed E-state index contributed by atoms with van der Waals surface area (Å²) in [5.74, 6) is -0.452. The Morgan fingerprint density at radius 1 is 1.12 bits per heavy atom. The van der Waals surface area contributed by atoms with Crippen molar-refractivity contribution in [2.45, 2.75) is 13.0 Å². The summed E-state index contributed by atoms with van der Waals surface area (Å²) in [5.41, 5.74) is 2.32. The zero-order valence-electron chi connectivity index (χ0n) is 13.6. The number of carbonyl (C=O) groups is 2. The number of hydrogen-bond acceptors (Lipinski definition) is 3. The highest BCUT2D eigenvalue weighted by molar-refractivity contribution is 6.31. The predicted molar refractivity (Wildman–Crippen MR) is 96.1 cm³/mol. The summed E-state index contributed by atoms with van der Waals surface area (Å²) < 4.78 is 0. The zero-order valence-corrected chi connectivity index (χ0v) is 14.4. The molecule has 2 rings (SSSR count). The molecule has 126 valence electrons. The Bertz CT molecular complexity index is 719. The summed E-state index contributed by atoms with van der Waals surface area (Å²) in [6, 6.07) is 13.9. The van der Waals surface area contributed by atoms with Crippen LogP contribution in [0.1, 0.15) is 17.2 Å². The molecule has 0 saturated heterocycles. The fraction of sp³-hybridized carbons (Fsp3) is 0.222. The first kappa shape index (κ1) is 18.0. The van der Waals surface area contributed by atoms with Crippen LogP contribution in [0.4, 0.5) is 5.69 Å². The lowest BCUT2D eigenvalue weighted by Crippen LogP contribution is -2.39. The maximum Gasteiger partial charge on any atom is 0.246 e. The third-order valence-electron chi connectivity index (χ3n) is 3.58. The van der Waals surface area contributed by atoms with E-state index in [4.69, 9.17) is 11.6 Å². The zero-order chi connectivity index (χ0) is 17.5. The lowest BCUT2D eigenvalue weighted by Gasteiger charge is -2.19. The van der Waals surface area contributed by atoms with E-state index in [1.807, 2.05) is 43.3 Å². The highest BCUT2D eigenvalue weighted by Crippen LogP contribution is 2.21. The molecule has 0 spiro atoms. The van der Waals surface area contributed by atoms with Gasteiger partial charge in [0.05, 0.1) is 6.54 Å². The molecule has 3 N–H and O–H groups in total. The number of aryl methyl sites for hydroxylation is 1. The summed E-state index contributed by atoms with van der Waals surface area (Å²) in [5, 5.41) is 8.92. The van der Waals surface area contributed by atoms with E-state index in [9.17, 15) is 9.59 Å². The second-order valence-corrected chi connectivity index (χ2v) is 5.76. The maximum atomic E-state index is 12.7. The average Bonchev–Trinajstić information content (AvgIpc) is 2.59. The Morgan fingerprint density at radius 2 is 1.83 bits per heavy atom. The average molecular weight is 346 g/mol. The van der Waals surface area contributed by atoms with Crippen molar-refractivity contribution in [3.05, 3.63) is 64.7 Å². The van der Waals surface area contributed by atoms with Gasteiger partial charge in [-0.25, -0.2) is 0 Å². The minimum atomic E-state index is -0.649. The van der Waals surface area contributed by atoms with Crippen molar-refractivity contribution in [2.75, 3.05) is 18.9 Å². The van der Waals surface area contributed by atoms with E-state index in [0.29, 0.717) is 10.7 Å². The van der Waals surface area contributed by atoms with E-state index in [0.717, 1.165) is 11.1 Å². The first-order valence-corrected chi connectivity index (χ1v) is 7.95. The van der Waals surface area contributed by atoms with Gasteiger partial charge in [-0.1, -0.05) is 48.0 Å². The first-order chi connectivity index (χ1) is 11.5. The lowest BCUT2D eigenvalue weighted by molar-refractivity contribution is -0.120. The van der Waals surface area contributed by atoms with Crippen molar-refractivity contribution in [3.8, 4) is 0 Å². The van der Waals surface area contributed by atoms with Crippen LogP contribution in [0.25, 0.3) is 0 Å². The van der Waals surface area contributed by atoms with Gasteiger partial charge in [-0.05, 0) is 30.2 Å². The van der Waals surface area contributed by atoms with Gasteiger partial charge in [0.2, 0.25) is 11.8 Å². The highest BCUT2D eigenvalue weighted by Gasteiger charge is 2.21. The van der Waals surface area contributed by atoms with Gasteiger partial charge in [0.25, 0.3) is 0 Å². The van der Waals surface area contributed by atoms with Gasteiger partial charge in [-0.2, -0.15) is 0 Å². The molecule has 6 heteroatoms. The van der Waals surface area contributed by atoms with Gasteiger partial charge in [0, 0.05) is 17.8 Å². The second-order valence-electron chi connectivity index (χ2n) is 5.35. The first-order valence-electron chi connectivity index (χ1n) is 7.57. The molecule has 2 aromatic carbocycles. The fourth-order valence-corrected chi connectivity index (χ4v) is 2.36. The monoisotopic (exact) mass is 345 g/mol. The van der Waals surface area contributed by atoms with Crippen LogP contribution in [0.5, 0.6) is 0 Å². The molecule has 0 radical (unpaired) electrons. The Balaban J connectivity index is 2.17. The van der Waals surface area contributed by atoms with Crippen molar-refractivity contribution in [1.29, 1.82) is 0 Å². The van der Waals surface area contributed by atoms with Crippen molar-refractivity contribution in [2.24, 2.45) is 0 Å². The van der Waals surface area contributed by atoms with E-state index in [1.165, 1.54) is 0 Å². The molecule has 24 heavy (non-hydrogen) atoms. The van der Waals surface area contributed by atoms with Crippen molar-refractivity contribution in [3.63, 3.8) is 0 Å². The molecule has 0 saturated carbocycles. The van der Waals surface area contributed by atoms with E-state index >= 15 is 0 Å². The number of amides is 2. The summed E-state index contributed by atoms with van der Waals surface area (Å²) in [4.78, 5) is 24.1. The topological polar surface area (TPSA) is 70.2 Å². The Kier molecular flexibility index (Phi) is 6.35. The molecule has 0 aliphatic rings. The van der Waals surface area contributed by atoms with E-state index in [-0.39, 0.29) is 18.4 Å².